The quantitative estimate of drug-likeness (QED) is 0.175. The molecular formula is C22H22F3N5O5S2. The highest BCUT2D eigenvalue weighted by Gasteiger charge is 2.38. The number of nitrogen functional groups attached to an aromatic ring is 2. The van der Waals surface area contributed by atoms with Gasteiger partial charge in [-0.25, -0.2) is 13.2 Å². The molecule has 7 N–H and O–H groups in total. The van der Waals surface area contributed by atoms with Gasteiger partial charge in [-0.3, -0.25) is 10.2 Å². The summed E-state index contributed by atoms with van der Waals surface area (Å²) in [5, 5.41) is 15.5. The van der Waals surface area contributed by atoms with Gasteiger partial charge in [-0.2, -0.15) is 17.9 Å². The van der Waals surface area contributed by atoms with Gasteiger partial charge in [-0.05, 0) is 47.7 Å². The number of carboxylic acid groups (broad SMARTS) is 1. The highest BCUT2D eigenvalue weighted by molar-refractivity contribution is 7.91. The van der Waals surface area contributed by atoms with E-state index >= 15 is 0 Å². The molecule has 2 heterocycles. The maximum Gasteiger partial charge on any atom is 0.490 e. The first-order valence-corrected chi connectivity index (χ1v) is 12.8. The number of hydrogen-bond acceptors (Lipinski definition) is 7. The standard InChI is InChI=1S/C20H21N5O3S2.C2HF3O2/c21-15-6-5-13(19(22)23)9-14(15)11-25-8-7-16(20(25)26)24-30(27,28)18-10-12-3-1-2-4-17(12)29-18;3-2(4,5)1(6)7/h1-6,9-10,16,24H,7-8,11,21H2,(H3,22,23);(H,6,7)/t16-;/m0./s1. The average Bonchev–Trinajstić information content (AvgIpc) is 3.39. The van der Waals surface area contributed by atoms with E-state index < -0.39 is 28.2 Å². The summed E-state index contributed by atoms with van der Waals surface area (Å²) in [4.78, 5) is 23.3. The zero-order valence-corrected chi connectivity index (χ0v) is 20.6. The van der Waals surface area contributed by atoms with Gasteiger partial charge in [0.05, 0.1) is 0 Å². The highest BCUT2D eigenvalue weighted by atomic mass is 32.2. The molecule has 1 aromatic heterocycles. The minimum absolute atomic E-state index is 0.0852. The molecule has 1 amide bonds. The topological polar surface area (TPSA) is 180 Å². The Balaban J connectivity index is 0.000000479. The maximum atomic E-state index is 12.8. The number of alkyl halides is 3. The number of halogens is 3. The Morgan fingerprint density at radius 1 is 1.22 bits per heavy atom. The molecule has 0 radical (unpaired) electrons. The Kier molecular flexibility index (Phi) is 8.09. The van der Waals surface area contributed by atoms with Crippen LogP contribution in [0.1, 0.15) is 17.5 Å². The van der Waals surface area contributed by atoms with Crippen LogP contribution in [0.25, 0.3) is 10.1 Å². The average molecular weight is 558 g/mol. The fourth-order valence-electron chi connectivity index (χ4n) is 3.46. The molecule has 0 unspecified atom stereocenters. The lowest BCUT2D eigenvalue weighted by Gasteiger charge is -2.19. The first kappa shape index (κ1) is 27.9. The van der Waals surface area contributed by atoms with Gasteiger partial charge in [0.15, 0.2) is 0 Å². The Morgan fingerprint density at radius 2 is 1.86 bits per heavy atom. The van der Waals surface area contributed by atoms with Gasteiger partial charge in [-0.1, -0.05) is 18.2 Å². The molecule has 3 aromatic rings. The second-order valence-corrected chi connectivity index (χ2v) is 11.0. The molecule has 10 nitrogen and oxygen atoms in total. The van der Waals surface area contributed by atoms with Crippen LogP contribution < -0.4 is 16.2 Å². The number of likely N-dealkylation sites (tertiary alicyclic amines) is 1. The Morgan fingerprint density at radius 3 is 2.46 bits per heavy atom. The number of aliphatic carboxylic acids is 1. The van der Waals surface area contributed by atoms with Gasteiger partial charge >= 0.3 is 12.1 Å². The molecule has 1 fully saturated rings. The van der Waals surface area contributed by atoms with E-state index in [1.54, 1.807) is 29.2 Å². The summed E-state index contributed by atoms with van der Waals surface area (Å²) in [6.45, 7) is 0.634. The second kappa shape index (κ2) is 10.7. The van der Waals surface area contributed by atoms with E-state index in [0.29, 0.717) is 29.8 Å². The lowest BCUT2D eigenvalue weighted by molar-refractivity contribution is -0.192. The third kappa shape index (κ3) is 6.75. The third-order valence-electron chi connectivity index (χ3n) is 5.32. The number of amides is 1. The number of rotatable bonds is 6. The first-order valence-electron chi connectivity index (χ1n) is 10.5. The molecule has 15 heteroatoms. The summed E-state index contributed by atoms with van der Waals surface area (Å²) < 4.78 is 61.0. The van der Waals surface area contributed by atoms with E-state index in [1.807, 2.05) is 24.3 Å². The molecule has 0 saturated carbocycles. The number of thiophene rings is 1. The molecule has 0 spiro atoms. The van der Waals surface area contributed by atoms with Crippen molar-refractivity contribution in [1.82, 2.24) is 9.62 Å². The summed E-state index contributed by atoms with van der Waals surface area (Å²) in [7, 11) is -3.81. The van der Waals surface area contributed by atoms with Crippen molar-refractivity contribution in [2.75, 3.05) is 12.3 Å². The van der Waals surface area contributed by atoms with E-state index in [0.717, 1.165) is 10.1 Å². The summed E-state index contributed by atoms with van der Waals surface area (Å²) in [6, 6.07) is 13.2. The van der Waals surface area contributed by atoms with Gasteiger partial charge in [0, 0.05) is 29.0 Å². The smallest absolute Gasteiger partial charge is 0.475 e. The molecule has 2 aromatic carbocycles. The molecule has 198 valence electrons. The van der Waals surface area contributed by atoms with E-state index in [4.69, 9.17) is 26.8 Å². The van der Waals surface area contributed by atoms with Crippen LogP contribution in [0.3, 0.4) is 0 Å². The number of anilines is 1. The number of nitrogens with zero attached hydrogens (tertiary/aromatic N) is 1. The minimum Gasteiger partial charge on any atom is -0.475 e. The van der Waals surface area contributed by atoms with E-state index in [2.05, 4.69) is 4.72 Å². The van der Waals surface area contributed by atoms with Crippen LogP contribution in [0.5, 0.6) is 0 Å². The van der Waals surface area contributed by atoms with Crippen molar-refractivity contribution in [2.24, 2.45) is 5.73 Å². The number of carboxylic acids is 1. The number of hydrogen-bond donors (Lipinski definition) is 5. The Hall–Kier alpha value is -3.69. The molecule has 1 saturated heterocycles. The molecule has 0 bridgehead atoms. The molecule has 0 aliphatic carbocycles. The Bertz CT molecular complexity index is 1420. The Labute approximate surface area is 213 Å². The third-order valence-corrected chi connectivity index (χ3v) is 8.38. The predicted octanol–water partition coefficient (Wildman–Crippen LogP) is 2.48. The van der Waals surface area contributed by atoms with E-state index in [1.165, 1.54) is 11.3 Å². The molecule has 1 aliphatic rings. The zero-order valence-electron chi connectivity index (χ0n) is 18.9. The molecule has 4 rings (SSSR count). The van der Waals surface area contributed by atoms with Gasteiger partial charge in [0.2, 0.25) is 5.91 Å². The van der Waals surface area contributed by atoms with E-state index in [-0.39, 0.29) is 22.5 Å². The summed E-state index contributed by atoms with van der Waals surface area (Å²) >= 11 is 1.17. The van der Waals surface area contributed by atoms with Gasteiger partial charge in [-0.15, -0.1) is 11.3 Å². The van der Waals surface area contributed by atoms with Crippen LogP contribution in [0.4, 0.5) is 18.9 Å². The van der Waals surface area contributed by atoms with Crippen molar-refractivity contribution in [3.8, 4) is 0 Å². The van der Waals surface area contributed by atoms with Crippen molar-refractivity contribution >= 4 is 54.8 Å². The van der Waals surface area contributed by atoms with Crippen LogP contribution in [0, 0.1) is 5.41 Å². The van der Waals surface area contributed by atoms with Crippen LogP contribution in [0.15, 0.2) is 52.7 Å². The van der Waals surface area contributed by atoms with Crippen molar-refractivity contribution in [2.45, 2.75) is 29.4 Å². The van der Waals surface area contributed by atoms with Gasteiger partial charge in [0.1, 0.15) is 16.1 Å². The second-order valence-electron chi connectivity index (χ2n) is 7.96. The number of nitrogens with one attached hydrogen (secondary N) is 2. The van der Waals surface area contributed by atoms with Gasteiger partial charge in [0.25, 0.3) is 10.0 Å². The molecule has 37 heavy (non-hydrogen) atoms. The van der Waals surface area contributed by atoms with Crippen LogP contribution >= 0.6 is 11.3 Å². The normalized spacial score (nSPS) is 15.9. The van der Waals surface area contributed by atoms with Crippen molar-refractivity contribution < 1.29 is 36.3 Å². The number of amidine groups is 1. The number of carbonyl (C=O) groups is 2. The summed E-state index contributed by atoms with van der Waals surface area (Å²) in [6.07, 6.45) is -4.71. The van der Waals surface area contributed by atoms with E-state index in [9.17, 15) is 26.4 Å². The predicted molar refractivity (Wildman–Crippen MR) is 132 cm³/mol. The number of benzene rings is 2. The van der Waals surface area contributed by atoms with Crippen LogP contribution in [-0.2, 0) is 26.2 Å². The van der Waals surface area contributed by atoms with Crippen molar-refractivity contribution in [1.29, 1.82) is 5.41 Å². The van der Waals surface area contributed by atoms with Gasteiger partial charge < -0.3 is 21.5 Å². The summed E-state index contributed by atoms with van der Waals surface area (Å²) in [5.74, 6) is -3.14. The minimum atomic E-state index is -5.08. The number of fused-ring (bicyclic) bond motifs is 1. The fraction of sp³-hybridized carbons (Fsp3) is 0.227. The van der Waals surface area contributed by atoms with Crippen molar-refractivity contribution in [3.05, 3.63) is 59.7 Å². The SMILES string of the molecule is N=C(N)c1ccc(N)c(CN2CC[C@H](NS(=O)(=O)c3cc4ccccc4s3)C2=O)c1.O=C(O)C(F)(F)F. The monoisotopic (exact) mass is 557 g/mol. The molecular weight excluding hydrogens is 535 g/mol. The lowest BCUT2D eigenvalue weighted by atomic mass is 10.1. The first-order chi connectivity index (χ1) is 17.2. The molecule has 1 atom stereocenters. The largest absolute Gasteiger partial charge is 0.490 e. The molecule has 1 aliphatic heterocycles. The summed E-state index contributed by atoms with van der Waals surface area (Å²) in [5.41, 5.74) is 13.2. The lowest BCUT2D eigenvalue weighted by Crippen LogP contribution is -2.41. The zero-order chi connectivity index (χ0) is 27.5. The van der Waals surface area contributed by atoms with Crippen LogP contribution in [0.2, 0.25) is 0 Å². The number of carbonyl (C=O) groups excluding carboxylic acids is 1. The maximum absolute atomic E-state index is 12.8. The number of nitrogens with two attached hydrogens (primary N) is 2. The number of sulfonamides is 1. The fourth-order valence-corrected chi connectivity index (χ4v) is 6.09. The highest BCUT2D eigenvalue weighted by Crippen LogP contribution is 2.29. The van der Waals surface area contributed by atoms with Crippen LogP contribution in [-0.4, -0.2) is 54.9 Å². The van der Waals surface area contributed by atoms with Crippen molar-refractivity contribution in [3.63, 3.8) is 0 Å².